The van der Waals surface area contributed by atoms with Crippen molar-refractivity contribution >= 4 is 57.9 Å². The minimum atomic E-state index is -0.970. The topological polar surface area (TPSA) is 79.3 Å². The zero-order valence-electron chi connectivity index (χ0n) is 23.9. The number of carbonyl (C=O) groups excluding carboxylic acids is 1. The molecule has 1 amide bonds. The number of benzene rings is 3. The summed E-state index contributed by atoms with van der Waals surface area (Å²) in [4.78, 5) is 29.1. The van der Waals surface area contributed by atoms with Crippen molar-refractivity contribution in [3.63, 3.8) is 0 Å². The number of carbonyl (C=O) groups is 2. The highest BCUT2D eigenvalue weighted by Crippen LogP contribution is 2.38. The van der Waals surface area contributed by atoms with Gasteiger partial charge in [-0.15, -0.1) is 0 Å². The molecule has 10 heteroatoms. The van der Waals surface area contributed by atoms with Gasteiger partial charge in [-0.1, -0.05) is 53.8 Å². The van der Waals surface area contributed by atoms with Crippen LogP contribution < -0.4 is 9.47 Å². The standard InChI is InChI=1S/C33H33ClN2O5S2/c1-2-40-26-10-11-27(28(34)21-26)24-9-12-29(41-18-17-35-14-3-4-15-35)25(19-24)20-30-31(37)36(33(42)43-30)16-13-22-5-7-23(8-6-22)32(38)39/h5-12,19-21H,2-4,13-18H2,1H3,(H,38,39). The summed E-state index contributed by atoms with van der Waals surface area (Å²) in [5.74, 6) is 0.264. The van der Waals surface area contributed by atoms with Crippen molar-refractivity contribution in [3.05, 3.63) is 87.3 Å². The molecule has 7 nitrogen and oxygen atoms in total. The number of nitrogens with zero attached hydrogens (tertiary/aromatic N) is 2. The van der Waals surface area contributed by atoms with Crippen LogP contribution in [0.4, 0.5) is 0 Å². The summed E-state index contributed by atoms with van der Waals surface area (Å²) < 4.78 is 12.3. The van der Waals surface area contributed by atoms with E-state index in [1.165, 1.54) is 24.6 Å². The first-order valence-electron chi connectivity index (χ1n) is 14.3. The van der Waals surface area contributed by atoms with E-state index in [1.807, 2.05) is 43.3 Å². The van der Waals surface area contributed by atoms with Crippen LogP contribution in [0.3, 0.4) is 0 Å². The third-order valence-electron chi connectivity index (χ3n) is 7.42. The molecule has 0 saturated carbocycles. The van der Waals surface area contributed by atoms with Gasteiger partial charge in [0.2, 0.25) is 0 Å². The molecule has 0 aliphatic carbocycles. The van der Waals surface area contributed by atoms with Crippen LogP contribution in [0, 0.1) is 0 Å². The summed E-state index contributed by atoms with van der Waals surface area (Å²) >= 11 is 13.5. The quantitative estimate of drug-likeness (QED) is 0.168. The van der Waals surface area contributed by atoms with Crippen LogP contribution in [0.1, 0.15) is 41.3 Å². The predicted molar refractivity (Wildman–Crippen MR) is 176 cm³/mol. The molecule has 224 valence electrons. The highest BCUT2D eigenvalue weighted by Gasteiger charge is 2.32. The van der Waals surface area contributed by atoms with Gasteiger partial charge in [-0.25, -0.2) is 4.79 Å². The number of thiocarbonyl (C=S) groups is 1. The Kier molecular flexibility index (Phi) is 10.4. The van der Waals surface area contributed by atoms with Gasteiger partial charge < -0.3 is 14.6 Å². The van der Waals surface area contributed by atoms with E-state index in [1.54, 1.807) is 35.2 Å². The maximum absolute atomic E-state index is 13.5. The van der Waals surface area contributed by atoms with E-state index in [0.717, 1.165) is 41.9 Å². The van der Waals surface area contributed by atoms with Crippen molar-refractivity contribution in [2.24, 2.45) is 0 Å². The van der Waals surface area contributed by atoms with Crippen molar-refractivity contribution in [3.8, 4) is 22.6 Å². The molecule has 0 aromatic heterocycles. The number of aromatic carboxylic acids is 1. The predicted octanol–water partition coefficient (Wildman–Crippen LogP) is 7.02. The third-order valence-corrected chi connectivity index (χ3v) is 9.11. The van der Waals surface area contributed by atoms with Crippen LogP contribution in [-0.2, 0) is 11.2 Å². The fraction of sp³-hybridized carbons (Fsp3) is 0.303. The Morgan fingerprint density at radius 2 is 1.81 bits per heavy atom. The first-order valence-corrected chi connectivity index (χ1v) is 15.9. The number of ether oxygens (including phenoxy) is 2. The molecule has 2 heterocycles. The van der Waals surface area contributed by atoms with E-state index in [9.17, 15) is 9.59 Å². The van der Waals surface area contributed by atoms with Crippen LogP contribution in [0.5, 0.6) is 11.5 Å². The Bertz CT molecular complexity index is 1540. The fourth-order valence-electron chi connectivity index (χ4n) is 5.13. The number of likely N-dealkylation sites (tertiary alicyclic amines) is 1. The minimum absolute atomic E-state index is 0.162. The van der Waals surface area contributed by atoms with Crippen molar-refractivity contribution in [2.75, 3.05) is 39.4 Å². The Labute approximate surface area is 266 Å². The number of carboxylic acid groups (broad SMARTS) is 1. The zero-order chi connectivity index (χ0) is 30.3. The van der Waals surface area contributed by atoms with Crippen LogP contribution in [0.15, 0.2) is 65.6 Å². The van der Waals surface area contributed by atoms with Crippen molar-refractivity contribution in [2.45, 2.75) is 26.2 Å². The maximum Gasteiger partial charge on any atom is 0.335 e. The van der Waals surface area contributed by atoms with Gasteiger partial charge in [-0.2, -0.15) is 0 Å². The molecule has 2 aliphatic heterocycles. The first kappa shape index (κ1) is 31.1. The molecule has 3 aromatic carbocycles. The van der Waals surface area contributed by atoms with Gasteiger partial charge in [0.15, 0.2) is 0 Å². The first-order chi connectivity index (χ1) is 20.8. The molecular weight excluding hydrogens is 604 g/mol. The van der Waals surface area contributed by atoms with Gasteiger partial charge in [0, 0.05) is 24.2 Å². The van der Waals surface area contributed by atoms with E-state index in [-0.39, 0.29) is 11.5 Å². The lowest BCUT2D eigenvalue weighted by molar-refractivity contribution is -0.122. The highest BCUT2D eigenvalue weighted by atomic mass is 35.5. The molecule has 0 bridgehead atoms. The number of hydrogen-bond acceptors (Lipinski definition) is 7. The van der Waals surface area contributed by atoms with Gasteiger partial charge in [-0.05, 0) is 98.9 Å². The molecular formula is C33H33ClN2O5S2. The molecule has 0 atom stereocenters. The lowest BCUT2D eigenvalue weighted by Gasteiger charge is -2.17. The molecule has 3 aromatic rings. The molecule has 0 radical (unpaired) electrons. The van der Waals surface area contributed by atoms with Gasteiger partial charge in [0.1, 0.15) is 22.4 Å². The third kappa shape index (κ3) is 7.78. The molecule has 5 rings (SSSR count). The molecule has 43 heavy (non-hydrogen) atoms. The van der Waals surface area contributed by atoms with Crippen molar-refractivity contribution < 1.29 is 24.2 Å². The summed E-state index contributed by atoms with van der Waals surface area (Å²) in [5, 5.41) is 9.71. The van der Waals surface area contributed by atoms with Crippen LogP contribution in [0.2, 0.25) is 5.02 Å². The van der Waals surface area contributed by atoms with Gasteiger partial charge in [0.25, 0.3) is 5.91 Å². The Morgan fingerprint density at radius 3 is 2.51 bits per heavy atom. The number of halogens is 1. The summed E-state index contributed by atoms with van der Waals surface area (Å²) in [6.45, 7) is 6.47. The number of carboxylic acids is 1. The molecule has 1 N–H and O–H groups in total. The van der Waals surface area contributed by atoms with Crippen LogP contribution in [-0.4, -0.2) is 70.5 Å². The second-order valence-corrected chi connectivity index (χ2v) is 12.4. The Balaban J connectivity index is 1.37. The lowest BCUT2D eigenvalue weighted by atomic mass is 10.0. The van der Waals surface area contributed by atoms with Crippen LogP contribution >= 0.6 is 35.6 Å². The summed E-state index contributed by atoms with van der Waals surface area (Å²) in [6, 6.07) is 18.2. The van der Waals surface area contributed by atoms with Gasteiger partial charge in [-0.3, -0.25) is 14.6 Å². The van der Waals surface area contributed by atoms with Crippen molar-refractivity contribution in [1.82, 2.24) is 9.80 Å². The lowest BCUT2D eigenvalue weighted by Crippen LogP contribution is -2.30. The van der Waals surface area contributed by atoms with Gasteiger partial charge >= 0.3 is 5.97 Å². The number of thioether (sulfide) groups is 1. The molecule has 0 unspecified atom stereocenters. The minimum Gasteiger partial charge on any atom is -0.494 e. The van der Waals surface area contributed by atoms with Gasteiger partial charge in [0.05, 0.1) is 22.1 Å². The number of amides is 1. The smallest absolute Gasteiger partial charge is 0.335 e. The second kappa shape index (κ2) is 14.4. The SMILES string of the molecule is CCOc1ccc(-c2ccc(OCCN3CCCC3)c(C=C3SC(=S)N(CCc4ccc(C(=O)O)cc4)C3=O)c2)c(Cl)c1. The normalized spacial score (nSPS) is 16.3. The maximum atomic E-state index is 13.5. The molecule has 2 saturated heterocycles. The van der Waals surface area contributed by atoms with E-state index >= 15 is 0 Å². The summed E-state index contributed by atoms with van der Waals surface area (Å²) in [7, 11) is 0. The number of hydrogen-bond donors (Lipinski definition) is 1. The van der Waals surface area contributed by atoms with Crippen molar-refractivity contribution in [1.29, 1.82) is 0 Å². The van der Waals surface area contributed by atoms with E-state index in [4.69, 9.17) is 38.4 Å². The molecule has 2 fully saturated rings. The second-order valence-electron chi connectivity index (χ2n) is 10.3. The summed E-state index contributed by atoms with van der Waals surface area (Å²) in [5.41, 5.74) is 3.67. The van der Waals surface area contributed by atoms with E-state index in [0.29, 0.717) is 51.9 Å². The average Bonchev–Trinajstić information content (AvgIpc) is 3.60. The Hall–Kier alpha value is -3.37. The Morgan fingerprint density at radius 1 is 1.05 bits per heavy atom. The average molecular weight is 637 g/mol. The fourth-order valence-corrected chi connectivity index (χ4v) is 6.71. The largest absolute Gasteiger partial charge is 0.494 e. The van der Waals surface area contributed by atoms with E-state index in [2.05, 4.69) is 4.90 Å². The monoisotopic (exact) mass is 636 g/mol. The zero-order valence-corrected chi connectivity index (χ0v) is 26.3. The highest BCUT2D eigenvalue weighted by molar-refractivity contribution is 8.26. The van der Waals surface area contributed by atoms with Crippen LogP contribution in [0.25, 0.3) is 17.2 Å². The van der Waals surface area contributed by atoms with E-state index < -0.39 is 5.97 Å². The molecule has 2 aliphatic rings. The molecule has 0 spiro atoms. The summed E-state index contributed by atoms with van der Waals surface area (Å²) in [6.07, 6.45) is 4.84. The number of rotatable bonds is 12.